The lowest BCUT2D eigenvalue weighted by molar-refractivity contribution is -0.115. The Morgan fingerprint density at radius 1 is 1.29 bits per heavy atom. The summed E-state index contributed by atoms with van der Waals surface area (Å²) in [5.74, 6) is -0.523. The Labute approximate surface area is 179 Å². The molecule has 2 heterocycles. The Morgan fingerprint density at radius 3 is 2.65 bits per heavy atom. The van der Waals surface area contributed by atoms with Gasteiger partial charge in [0.25, 0.3) is 0 Å². The summed E-state index contributed by atoms with van der Waals surface area (Å²) < 4.78 is 28.3. The van der Waals surface area contributed by atoms with Crippen molar-refractivity contribution in [3.05, 3.63) is 53.5 Å². The summed E-state index contributed by atoms with van der Waals surface area (Å²) in [6, 6.07) is 8.08. The van der Waals surface area contributed by atoms with Gasteiger partial charge in [-0.25, -0.2) is 18.7 Å². The minimum absolute atomic E-state index is 0.0818. The second-order valence-corrected chi connectivity index (χ2v) is 7.82. The van der Waals surface area contributed by atoms with Gasteiger partial charge in [-0.2, -0.15) is 5.26 Å². The number of carbonyl (C=O) groups excluding carboxylic acids is 1. The molecule has 1 aliphatic rings. The monoisotopic (exact) mass is 425 g/mol. The third-order valence-electron chi connectivity index (χ3n) is 5.47. The number of aryl methyl sites for hydroxylation is 1. The number of carbonyl (C=O) groups is 1. The maximum Gasteiger partial charge on any atom is 0.225 e. The molecule has 4 rings (SSSR count). The summed E-state index contributed by atoms with van der Waals surface area (Å²) in [4.78, 5) is 19.3. The van der Waals surface area contributed by atoms with Gasteiger partial charge in [-0.05, 0) is 44.2 Å². The van der Waals surface area contributed by atoms with Crippen LogP contribution in [0, 0.1) is 35.8 Å². The number of fused-ring (bicyclic) bond motifs is 1. The maximum absolute atomic E-state index is 13.3. The lowest BCUT2D eigenvalue weighted by Gasteiger charge is -2.12. The number of halogens is 2. The number of hydrogen-bond donors (Lipinski definition) is 1. The number of nitrogens with one attached hydrogen (secondary N) is 1. The molecule has 1 fully saturated rings. The Morgan fingerprint density at radius 2 is 2.03 bits per heavy atom. The Kier molecular flexibility index (Phi) is 6.95. The maximum atomic E-state index is 13.3. The second kappa shape index (κ2) is 9.65. The summed E-state index contributed by atoms with van der Waals surface area (Å²) >= 11 is 0. The highest BCUT2D eigenvalue weighted by molar-refractivity contribution is 5.89. The predicted octanol–water partition coefficient (Wildman–Crippen LogP) is 5.29. The summed E-state index contributed by atoms with van der Waals surface area (Å²) in [7, 11) is 0. The van der Waals surface area contributed by atoms with Crippen LogP contribution in [0.15, 0.2) is 30.6 Å². The zero-order valence-corrected chi connectivity index (χ0v) is 17.8. The number of nitriles is 1. The van der Waals surface area contributed by atoms with Gasteiger partial charge in [0.1, 0.15) is 11.9 Å². The van der Waals surface area contributed by atoms with Gasteiger partial charge in [0.2, 0.25) is 5.91 Å². The van der Waals surface area contributed by atoms with Crippen molar-refractivity contribution in [1.29, 1.82) is 5.26 Å². The van der Waals surface area contributed by atoms with E-state index in [1.165, 1.54) is 18.6 Å². The molecule has 2 unspecified atom stereocenters. The van der Waals surface area contributed by atoms with Crippen LogP contribution in [0.1, 0.15) is 56.8 Å². The lowest BCUT2D eigenvalue weighted by Crippen LogP contribution is -2.11. The van der Waals surface area contributed by atoms with Crippen molar-refractivity contribution in [2.45, 2.75) is 52.5 Å². The van der Waals surface area contributed by atoms with Crippen LogP contribution in [0.25, 0.3) is 11.0 Å². The molecule has 8 heteroatoms. The average molecular weight is 425 g/mol. The molecule has 3 aromatic rings. The van der Waals surface area contributed by atoms with Gasteiger partial charge in [-0.3, -0.25) is 4.79 Å². The smallest absolute Gasteiger partial charge is 0.225 e. The van der Waals surface area contributed by atoms with Crippen LogP contribution in [0.3, 0.4) is 0 Å². The highest BCUT2D eigenvalue weighted by Gasteiger charge is 2.24. The first-order valence-electron chi connectivity index (χ1n) is 10.3. The first-order valence-corrected chi connectivity index (χ1v) is 10.3. The van der Waals surface area contributed by atoms with E-state index in [-0.39, 0.29) is 5.91 Å². The van der Waals surface area contributed by atoms with Gasteiger partial charge < -0.3 is 9.88 Å². The number of nitrogens with zero attached hydrogens (tertiary/aromatic N) is 4. The Balaban J connectivity index is 0.000000180. The number of imidazole rings is 1. The lowest BCUT2D eigenvalue weighted by atomic mass is 10.1. The number of anilines is 1. The number of aromatic nitrogens is 3. The first kappa shape index (κ1) is 22.3. The molecule has 1 aromatic carbocycles. The van der Waals surface area contributed by atoms with E-state index in [9.17, 15) is 13.6 Å². The van der Waals surface area contributed by atoms with Gasteiger partial charge in [0, 0.05) is 24.6 Å². The molecule has 0 aliphatic heterocycles. The van der Waals surface area contributed by atoms with Crippen molar-refractivity contribution in [2.75, 3.05) is 5.32 Å². The van der Waals surface area contributed by atoms with Crippen LogP contribution in [-0.4, -0.2) is 20.4 Å². The fourth-order valence-corrected chi connectivity index (χ4v) is 3.72. The molecular formula is C23H25F2N5O. The zero-order valence-electron chi connectivity index (χ0n) is 17.8. The van der Waals surface area contributed by atoms with Gasteiger partial charge >= 0.3 is 0 Å². The van der Waals surface area contributed by atoms with Crippen molar-refractivity contribution in [3.63, 3.8) is 0 Å². The molecule has 6 nitrogen and oxygen atoms in total. The van der Waals surface area contributed by atoms with E-state index >= 15 is 0 Å². The van der Waals surface area contributed by atoms with Crippen molar-refractivity contribution in [3.8, 4) is 6.07 Å². The molecule has 1 saturated carbocycles. The molecule has 1 N–H and O–H groups in total. The first-order chi connectivity index (χ1) is 14.8. The molecule has 0 bridgehead atoms. The molecule has 0 saturated heterocycles. The van der Waals surface area contributed by atoms with Gasteiger partial charge in [0.05, 0.1) is 28.6 Å². The highest BCUT2D eigenvalue weighted by Crippen LogP contribution is 2.36. The molecule has 162 valence electrons. The fourth-order valence-electron chi connectivity index (χ4n) is 3.72. The molecule has 1 aliphatic carbocycles. The molecule has 1 amide bonds. The van der Waals surface area contributed by atoms with E-state index in [1.54, 1.807) is 32.3 Å². The van der Waals surface area contributed by atoms with E-state index in [0.29, 0.717) is 46.5 Å². The van der Waals surface area contributed by atoms with Crippen LogP contribution in [0.2, 0.25) is 0 Å². The van der Waals surface area contributed by atoms with Crippen LogP contribution in [-0.2, 0) is 4.79 Å². The van der Waals surface area contributed by atoms with Gasteiger partial charge in [0.15, 0.2) is 11.6 Å². The van der Waals surface area contributed by atoms with Crippen molar-refractivity contribution >= 4 is 22.8 Å². The molecule has 2 aromatic heterocycles. The minimum Gasteiger partial charge on any atom is -0.327 e. The minimum atomic E-state index is -0.831. The molecule has 0 radical (unpaired) electrons. The molecule has 31 heavy (non-hydrogen) atoms. The largest absolute Gasteiger partial charge is 0.327 e. The number of pyridine rings is 1. The SMILES string of the molecule is CC1CCC(n2cnc3cc(F)c(F)cc32)C1.CCC(=O)Nc1ccc(C#N)c(C)n1. The van der Waals surface area contributed by atoms with E-state index in [2.05, 4.69) is 22.2 Å². The van der Waals surface area contributed by atoms with E-state index in [4.69, 9.17) is 5.26 Å². The normalized spacial score (nSPS) is 17.7. The van der Waals surface area contributed by atoms with E-state index in [0.717, 1.165) is 12.8 Å². The Bertz CT molecular complexity index is 1130. The summed E-state index contributed by atoms with van der Waals surface area (Å²) in [5, 5.41) is 11.3. The summed E-state index contributed by atoms with van der Waals surface area (Å²) in [5.41, 5.74) is 2.38. The summed E-state index contributed by atoms with van der Waals surface area (Å²) in [6.45, 7) is 5.73. The van der Waals surface area contributed by atoms with Crippen LogP contribution in [0.4, 0.5) is 14.6 Å². The fraction of sp³-hybridized carbons (Fsp3) is 0.391. The van der Waals surface area contributed by atoms with Crippen LogP contribution in [0.5, 0.6) is 0 Å². The number of hydrogen-bond acceptors (Lipinski definition) is 4. The summed E-state index contributed by atoms with van der Waals surface area (Å²) in [6.07, 6.45) is 5.48. The second-order valence-electron chi connectivity index (χ2n) is 7.82. The van der Waals surface area contributed by atoms with Crippen molar-refractivity contribution in [1.82, 2.24) is 14.5 Å². The molecule has 2 atom stereocenters. The van der Waals surface area contributed by atoms with Crippen LogP contribution < -0.4 is 5.32 Å². The molecule has 0 spiro atoms. The molecular weight excluding hydrogens is 400 g/mol. The van der Waals surface area contributed by atoms with E-state index < -0.39 is 11.6 Å². The zero-order chi connectivity index (χ0) is 22.5. The Hall–Kier alpha value is -3.34. The quantitative estimate of drug-likeness (QED) is 0.618. The highest BCUT2D eigenvalue weighted by atomic mass is 19.2. The van der Waals surface area contributed by atoms with Crippen LogP contribution >= 0.6 is 0 Å². The number of benzene rings is 1. The van der Waals surface area contributed by atoms with Gasteiger partial charge in [-0.1, -0.05) is 13.8 Å². The number of rotatable bonds is 3. The van der Waals surface area contributed by atoms with Crippen molar-refractivity contribution in [2.24, 2.45) is 5.92 Å². The standard InChI is InChI=1S/C13H14F2N2.C10H11N3O/c1-8-2-3-9(4-8)17-7-16-12-5-10(14)11(15)6-13(12)17;1-3-10(14)13-9-5-4-8(6-11)7(2)12-9/h5-9H,2-4H2,1H3;4-5H,3H2,1-2H3,(H,12,13,14). The number of amides is 1. The van der Waals surface area contributed by atoms with Crippen molar-refractivity contribution < 1.29 is 13.6 Å². The third-order valence-corrected chi connectivity index (χ3v) is 5.47. The predicted molar refractivity (Wildman–Crippen MR) is 114 cm³/mol. The average Bonchev–Trinajstić information content (AvgIpc) is 3.34. The van der Waals surface area contributed by atoms with E-state index in [1.807, 2.05) is 10.6 Å². The third kappa shape index (κ3) is 5.23. The topological polar surface area (TPSA) is 83.6 Å². The van der Waals surface area contributed by atoms with Gasteiger partial charge in [-0.15, -0.1) is 0 Å².